The topological polar surface area (TPSA) is 89.3 Å². The Labute approximate surface area is 168 Å². The first-order chi connectivity index (χ1) is 13.7. The zero-order chi connectivity index (χ0) is 19.3. The Morgan fingerprint density at radius 3 is 2.68 bits per heavy atom. The van der Waals surface area contributed by atoms with Crippen molar-refractivity contribution in [1.82, 2.24) is 15.6 Å². The minimum absolute atomic E-state index is 0.0515. The number of rotatable bonds is 6. The van der Waals surface area contributed by atoms with Gasteiger partial charge in [-0.05, 0) is 68.1 Å². The summed E-state index contributed by atoms with van der Waals surface area (Å²) in [4.78, 5) is 15.9. The second-order valence-corrected chi connectivity index (χ2v) is 8.09. The molecule has 0 radical (unpaired) electrons. The molecule has 0 spiro atoms. The van der Waals surface area contributed by atoms with Crippen LogP contribution in [0, 0.1) is 5.92 Å². The third-order valence-corrected chi connectivity index (χ3v) is 6.05. The highest BCUT2D eigenvalue weighted by Crippen LogP contribution is 2.31. The predicted octanol–water partition coefficient (Wildman–Crippen LogP) is 3.67. The number of nitrogens with two attached hydrogens (primary N) is 1. The van der Waals surface area contributed by atoms with Gasteiger partial charge in [0.1, 0.15) is 5.75 Å². The molecule has 4 N–H and O–H groups in total. The van der Waals surface area contributed by atoms with Gasteiger partial charge in [-0.1, -0.05) is 35.6 Å². The zero-order valence-corrected chi connectivity index (χ0v) is 16.4. The molecule has 7 heteroatoms. The number of ether oxygens (including phenoxy) is 1. The molecule has 146 valence electrons. The molecule has 1 aliphatic rings. The minimum atomic E-state index is -0.459. The molecule has 1 fully saturated rings. The molecule has 28 heavy (non-hydrogen) atoms. The maximum absolute atomic E-state index is 11.4. The van der Waals surface area contributed by atoms with Crippen molar-refractivity contribution in [2.24, 2.45) is 11.7 Å². The van der Waals surface area contributed by atoms with E-state index < -0.39 is 6.03 Å². The highest BCUT2D eigenvalue weighted by molar-refractivity contribution is 7.20. The number of aromatic nitrogens is 1. The van der Waals surface area contributed by atoms with Gasteiger partial charge in [-0.3, -0.25) is 0 Å². The lowest BCUT2D eigenvalue weighted by Gasteiger charge is -2.31. The van der Waals surface area contributed by atoms with Gasteiger partial charge in [0.15, 0.2) is 0 Å². The fourth-order valence-corrected chi connectivity index (χ4v) is 4.54. The normalized spacial score (nSPS) is 16.0. The number of amides is 2. The number of primary amides is 1. The van der Waals surface area contributed by atoms with Crippen LogP contribution in [0.15, 0.2) is 48.5 Å². The number of thiazole rings is 1. The van der Waals surface area contributed by atoms with Gasteiger partial charge in [0.25, 0.3) is 5.19 Å². The van der Waals surface area contributed by atoms with Crippen LogP contribution in [-0.2, 0) is 6.42 Å². The van der Waals surface area contributed by atoms with Gasteiger partial charge in [0.2, 0.25) is 0 Å². The number of hydrogen-bond donors (Lipinski definition) is 3. The fourth-order valence-electron chi connectivity index (χ4n) is 3.71. The monoisotopic (exact) mass is 396 g/mol. The molecular formula is C21H24N4O2S. The summed E-state index contributed by atoms with van der Waals surface area (Å²) >= 11 is 1.53. The Bertz CT molecular complexity index is 902. The molecule has 1 saturated heterocycles. The van der Waals surface area contributed by atoms with Crippen molar-refractivity contribution in [3.8, 4) is 10.9 Å². The molecule has 0 bridgehead atoms. The lowest BCUT2D eigenvalue weighted by atomic mass is 9.86. The van der Waals surface area contributed by atoms with Gasteiger partial charge in [-0.2, -0.15) is 0 Å². The van der Waals surface area contributed by atoms with Crippen LogP contribution < -0.4 is 21.1 Å². The maximum Gasteiger partial charge on any atom is 0.312 e. The van der Waals surface area contributed by atoms with E-state index in [1.54, 1.807) is 0 Å². The third kappa shape index (κ3) is 4.61. The third-order valence-electron chi connectivity index (χ3n) is 5.14. The van der Waals surface area contributed by atoms with E-state index in [2.05, 4.69) is 15.6 Å². The molecule has 2 amide bonds. The van der Waals surface area contributed by atoms with E-state index in [0.717, 1.165) is 53.9 Å². The van der Waals surface area contributed by atoms with E-state index >= 15 is 0 Å². The van der Waals surface area contributed by atoms with Crippen LogP contribution in [0.3, 0.4) is 0 Å². The van der Waals surface area contributed by atoms with Crippen LogP contribution in [-0.4, -0.2) is 30.1 Å². The number of urea groups is 1. The van der Waals surface area contributed by atoms with Crippen LogP contribution in [0.25, 0.3) is 10.2 Å². The second-order valence-electron chi connectivity index (χ2n) is 7.10. The number of para-hydroxylation sites is 1. The lowest BCUT2D eigenvalue weighted by molar-refractivity contribution is 0.230. The van der Waals surface area contributed by atoms with Gasteiger partial charge in [-0.15, -0.1) is 0 Å². The molecule has 1 atom stereocenters. The molecule has 2 aromatic carbocycles. The smallest absolute Gasteiger partial charge is 0.312 e. The SMILES string of the molecule is NC(=O)NC(Cc1ccc(Oc2nc3ccccc3s2)cc1)C1CCNCC1. The van der Waals surface area contributed by atoms with Crippen molar-refractivity contribution >= 4 is 27.6 Å². The summed E-state index contributed by atoms with van der Waals surface area (Å²) in [7, 11) is 0. The largest absolute Gasteiger partial charge is 0.431 e. The van der Waals surface area contributed by atoms with Crippen molar-refractivity contribution in [3.63, 3.8) is 0 Å². The standard InChI is InChI=1S/C21H24N4O2S/c22-20(26)24-18(15-9-11-23-12-10-15)13-14-5-7-16(8-6-14)27-21-25-17-3-1-2-4-19(17)28-21/h1-8,15,18,23H,9-13H2,(H3,22,24,26). The number of piperidine rings is 1. The van der Waals surface area contributed by atoms with Crippen molar-refractivity contribution in [1.29, 1.82) is 0 Å². The van der Waals surface area contributed by atoms with Crippen molar-refractivity contribution < 1.29 is 9.53 Å². The molecule has 1 unspecified atom stereocenters. The first kappa shape index (κ1) is 18.7. The highest BCUT2D eigenvalue weighted by Gasteiger charge is 2.24. The molecule has 1 aromatic heterocycles. The maximum atomic E-state index is 11.4. The summed E-state index contributed by atoms with van der Waals surface area (Å²) in [6.07, 6.45) is 2.85. The number of nitrogens with one attached hydrogen (secondary N) is 2. The van der Waals surface area contributed by atoms with Crippen molar-refractivity contribution in [2.45, 2.75) is 25.3 Å². The molecule has 3 aromatic rings. The number of carbonyl (C=O) groups is 1. The average Bonchev–Trinajstić information content (AvgIpc) is 3.11. The van der Waals surface area contributed by atoms with E-state index in [4.69, 9.17) is 10.5 Å². The van der Waals surface area contributed by atoms with Crippen molar-refractivity contribution in [2.75, 3.05) is 13.1 Å². The van der Waals surface area contributed by atoms with E-state index in [9.17, 15) is 4.79 Å². The number of hydrogen-bond acceptors (Lipinski definition) is 5. The van der Waals surface area contributed by atoms with Crippen LogP contribution in [0.4, 0.5) is 4.79 Å². The Balaban J connectivity index is 1.43. The highest BCUT2D eigenvalue weighted by atomic mass is 32.1. The van der Waals surface area contributed by atoms with Crippen molar-refractivity contribution in [3.05, 3.63) is 54.1 Å². The first-order valence-electron chi connectivity index (χ1n) is 9.56. The van der Waals surface area contributed by atoms with Gasteiger partial charge in [0.05, 0.1) is 10.2 Å². The molecule has 4 rings (SSSR count). The minimum Gasteiger partial charge on any atom is -0.431 e. The van der Waals surface area contributed by atoms with Gasteiger partial charge in [0, 0.05) is 6.04 Å². The molecular weight excluding hydrogens is 372 g/mol. The zero-order valence-electron chi connectivity index (χ0n) is 15.6. The number of carbonyl (C=O) groups excluding carboxylic acids is 1. The summed E-state index contributed by atoms with van der Waals surface area (Å²) in [5.74, 6) is 1.19. The van der Waals surface area contributed by atoms with Crippen LogP contribution in [0.1, 0.15) is 18.4 Å². The summed E-state index contributed by atoms with van der Waals surface area (Å²) in [6.45, 7) is 1.97. The molecule has 6 nitrogen and oxygen atoms in total. The van der Waals surface area contributed by atoms with Crippen LogP contribution in [0.2, 0.25) is 0 Å². The lowest BCUT2D eigenvalue weighted by Crippen LogP contribution is -2.47. The van der Waals surface area contributed by atoms with Crippen LogP contribution in [0.5, 0.6) is 10.9 Å². The van der Waals surface area contributed by atoms with E-state index in [1.165, 1.54) is 11.3 Å². The van der Waals surface area contributed by atoms with Crippen LogP contribution >= 0.6 is 11.3 Å². The summed E-state index contributed by atoms with van der Waals surface area (Å²) < 4.78 is 7.02. The summed E-state index contributed by atoms with van der Waals surface area (Å²) in [6, 6.07) is 15.6. The van der Waals surface area contributed by atoms with E-state index in [-0.39, 0.29) is 6.04 Å². The molecule has 0 aliphatic carbocycles. The second kappa shape index (κ2) is 8.58. The Morgan fingerprint density at radius 2 is 1.96 bits per heavy atom. The van der Waals surface area contributed by atoms with Gasteiger partial charge >= 0.3 is 6.03 Å². The van der Waals surface area contributed by atoms with Gasteiger partial charge in [-0.25, -0.2) is 9.78 Å². The average molecular weight is 397 g/mol. The Morgan fingerprint density at radius 1 is 1.21 bits per heavy atom. The Kier molecular flexibility index (Phi) is 5.73. The molecule has 2 heterocycles. The van der Waals surface area contributed by atoms with Gasteiger partial charge < -0.3 is 21.1 Å². The molecule has 0 saturated carbocycles. The summed E-state index contributed by atoms with van der Waals surface area (Å²) in [5.41, 5.74) is 7.50. The quantitative estimate of drug-likeness (QED) is 0.593. The van der Waals surface area contributed by atoms with E-state index in [1.807, 2.05) is 48.5 Å². The fraction of sp³-hybridized carbons (Fsp3) is 0.333. The predicted molar refractivity (Wildman–Crippen MR) is 112 cm³/mol. The number of benzene rings is 2. The number of nitrogens with zero attached hydrogens (tertiary/aromatic N) is 1. The first-order valence-corrected chi connectivity index (χ1v) is 10.4. The van der Waals surface area contributed by atoms with E-state index in [0.29, 0.717) is 11.1 Å². The Hall–Kier alpha value is -2.64. The summed E-state index contributed by atoms with van der Waals surface area (Å²) in [5, 5.41) is 6.94. The molecule has 1 aliphatic heterocycles. The number of fused-ring (bicyclic) bond motifs is 1.